The molecule has 3 nitrogen and oxygen atoms in total. The molecular weight excluding hydrogens is 286 g/mol. The van der Waals surface area contributed by atoms with E-state index in [1.165, 1.54) is 0 Å². The van der Waals surface area contributed by atoms with E-state index in [2.05, 4.69) is 10.2 Å². The predicted octanol–water partition coefficient (Wildman–Crippen LogP) is 4.35. The maximum Gasteiger partial charge on any atom is 0.247 e. The zero-order valence-corrected chi connectivity index (χ0v) is 10.7. The Bertz CT molecular complexity index is 795. The van der Waals surface area contributed by atoms with E-state index in [-0.39, 0.29) is 16.8 Å². The van der Waals surface area contributed by atoms with Gasteiger partial charge >= 0.3 is 0 Å². The van der Waals surface area contributed by atoms with Gasteiger partial charge in [0, 0.05) is 16.8 Å². The Hall–Kier alpha value is -2.27. The molecule has 3 aromatic rings. The molecule has 3 rings (SSSR count). The molecule has 0 saturated heterocycles. The zero-order chi connectivity index (χ0) is 14.1. The van der Waals surface area contributed by atoms with Crippen LogP contribution in [0, 0.1) is 11.6 Å². The normalized spacial score (nSPS) is 10.8. The molecule has 0 spiro atoms. The third kappa shape index (κ3) is 2.28. The van der Waals surface area contributed by atoms with Crippen LogP contribution in [0.1, 0.15) is 0 Å². The van der Waals surface area contributed by atoms with Crippen molar-refractivity contribution in [2.45, 2.75) is 0 Å². The van der Waals surface area contributed by atoms with Gasteiger partial charge in [0.05, 0.1) is 0 Å². The number of hydrogen-bond acceptors (Lipinski definition) is 3. The maximum atomic E-state index is 13.6. The fourth-order valence-electron chi connectivity index (χ4n) is 1.78. The van der Waals surface area contributed by atoms with E-state index in [0.717, 1.165) is 18.2 Å². The predicted molar refractivity (Wildman–Crippen MR) is 71.0 cm³/mol. The molecule has 0 saturated carbocycles. The van der Waals surface area contributed by atoms with Crippen molar-refractivity contribution in [1.29, 1.82) is 0 Å². The average Bonchev–Trinajstić information content (AvgIpc) is 2.46. The summed E-state index contributed by atoms with van der Waals surface area (Å²) in [6, 6.07) is 9.92. The molecule has 6 heteroatoms. The summed E-state index contributed by atoms with van der Waals surface area (Å²) in [6.07, 6.45) is 0. The Morgan fingerprint density at radius 1 is 0.950 bits per heavy atom. The second-order valence-corrected chi connectivity index (χ2v) is 4.38. The molecule has 0 bridgehead atoms. The van der Waals surface area contributed by atoms with Gasteiger partial charge in [0.1, 0.15) is 5.82 Å². The fourth-order valence-corrected chi connectivity index (χ4v) is 1.98. The van der Waals surface area contributed by atoms with Gasteiger partial charge in [-0.05, 0) is 18.2 Å². The Labute approximate surface area is 117 Å². The van der Waals surface area contributed by atoms with E-state index in [1.807, 2.05) is 0 Å². The lowest BCUT2D eigenvalue weighted by Gasteiger charge is -2.08. The van der Waals surface area contributed by atoms with E-state index < -0.39 is 11.6 Å². The lowest BCUT2D eigenvalue weighted by Crippen LogP contribution is -1.95. The van der Waals surface area contributed by atoms with Crippen molar-refractivity contribution < 1.29 is 13.5 Å². The van der Waals surface area contributed by atoms with Crippen molar-refractivity contribution in [2.75, 3.05) is 0 Å². The van der Waals surface area contributed by atoms with Crippen molar-refractivity contribution in [3.05, 3.63) is 59.3 Å². The van der Waals surface area contributed by atoms with Crippen molar-refractivity contribution in [2.24, 2.45) is 0 Å². The lowest BCUT2D eigenvalue weighted by molar-refractivity contribution is 0.422. The minimum absolute atomic E-state index is 0.0644. The van der Waals surface area contributed by atoms with Crippen LogP contribution < -0.4 is 4.74 Å². The zero-order valence-electron chi connectivity index (χ0n) is 9.98. The van der Waals surface area contributed by atoms with E-state index in [9.17, 15) is 8.78 Å². The number of aromatic nitrogens is 2. The van der Waals surface area contributed by atoms with Gasteiger partial charge in [-0.1, -0.05) is 29.8 Å². The SMILES string of the molecule is Fc1ccc(F)c(Oc2nnc(Cl)c3ccccc23)c1. The lowest BCUT2D eigenvalue weighted by atomic mass is 10.2. The number of benzene rings is 2. The molecule has 20 heavy (non-hydrogen) atoms. The molecule has 100 valence electrons. The summed E-state index contributed by atoms with van der Waals surface area (Å²) >= 11 is 5.93. The van der Waals surface area contributed by atoms with Gasteiger partial charge in [0.15, 0.2) is 16.7 Å². The summed E-state index contributed by atoms with van der Waals surface area (Å²) in [4.78, 5) is 0. The summed E-state index contributed by atoms with van der Waals surface area (Å²) < 4.78 is 32.0. The second kappa shape index (κ2) is 5.02. The third-order valence-corrected chi connectivity index (χ3v) is 2.99. The van der Waals surface area contributed by atoms with Gasteiger partial charge in [0.2, 0.25) is 5.88 Å². The summed E-state index contributed by atoms with van der Waals surface area (Å²) in [5, 5.41) is 8.91. The smallest absolute Gasteiger partial charge is 0.247 e. The van der Waals surface area contributed by atoms with Crippen LogP contribution in [0.5, 0.6) is 11.6 Å². The van der Waals surface area contributed by atoms with Crippen LogP contribution in [0.25, 0.3) is 10.8 Å². The first-order valence-electron chi connectivity index (χ1n) is 5.69. The Morgan fingerprint density at radius 2 is 1.70 bits per heavy atom. The number of hydrogen-bond donors (Lipinski definition) is 0. The monoisotopic (exact) mass is 292 g/mol. The highest BCUT2D eigenvalue weighted by molar-refractivity contribution is 6.34. The number of rotatable bonds is 2. The van der Waals surface area contributed by atoms with Crippen LogP contribution in [0.3, 0.4) is 0 Å². The molecule has 0 fully saturated rings. The van der Waals surface area contributed by atoms with Gasteiger partial charge in [-0.25, -0.2) is 8.78 Å². The van der Waals surface area contributed by atoms with Gasteiger partial charge in [0.25, 0.3) is 0 Å². The highest BCUT2D eigenvalue weighted by Gasteiger charge is 2.12. The molecule has 2 aromatic carbocycles. The van der Waals surface area contributed by atoms with Gasteiger partial charge < -0.3 is 4.74 Å². The van der Waals surface area contributed by atoms with Gasteiger partial charge in [-0.15, -0.1) is 10.2 Å². The molecule has 1 aromatic heterocycles. The van der Waals surface area contributed by atoms with Crippen molar-refractivity contribution >= 4 is 22.4 Å². The Balaban J connectivity index is 2.11. The molecule has 0 radical (unpaired) electrons. The minimum Gasteiger partial charge on any atom is -0.434 e. The highest BCUT2D eigenvalue weighted by atomic mass is 35.5. The summed E-state index contributed by atoms with van der Waals surface area (Å²) in [5.41, 5.74) is 0. The number of fused-ring (bicyclic) bond motifs is 1. The average molecular weight is 293 g/mol. The number of ether oxygens (including phenoxy) is 1. The second-order valence-electron chi connectivity index (χ2n) is 4.02. The van der Waals surface area contributed by atoms with Crippen LogP contribution in [0.4, 0.5) is 8.78 Å². The topological polar surface area (TPSA) is 35.0 Å². The van der Waals surface area contributed by atoms with Gasteiger partial charge in [-0.3, -0.25) is 0 Å². The Morgan fingerprint density at radius 3 is 2.50 bits per heavy atom. The molecule has 0 amide bonds. The molecule has 0 N–H and O–H groups in total. The molecule has 0 aliphatic heterocycles. The first-order chi connectivity index (χ1) is 9.65. The first kappa shape index (κ1) is 12.7. The molecule has 0 aliphatic carbocycles. The van der Waals surface area contributed by atoms with E-state index in [4.69, 9.17) is 16.3 Å². The van der Waals surface area contributed by atoms with E-state index >= 15 is 0 Å². The highest BCUT2D eigenvalue weighted by Crippen LogP contribution is 2.31. The molecule has 0 atom stereocenters. The van der Waals surface area contributed by atoms with Crippen LogP contribution >= 0.6 is 11.6 Å². The standard InChI is InChI=1S/C14H7ClF2N2O/c15-13-9-3-1-2-4-10(9)14(19-18-13)20-12-7-8(16)5-6-11(12)17/h1-7H. The number of halogens is 3. The van der Waals surface area contributed by atoms with Crippen molar-refractivity contribution in [3.8, 4) is 11.6 Å². The summed E-state index contributed by atoms with van der Waals surface area (Å²) in [5.74, 6) is -1.49. The van der Waals surface area contributed by atoms with Crippen LogP contribution in [0.15, 0.2) is 42.5 Å². The Kier molecular flexibility index (Phi) is 3.20. The molecule has 0 aliphatic rings. The molecule has 1 heterocycles. The van der Waals surface area contributed by atoms with Gasteiger partial charge in [-0.2, -0.15) is 0 Å². The van der Waals surface area contributed by atoms with E-state index in [0.29, 0.717) is 10.8 Å². The van der Waals surface area contributed by atoms with Crippen LogP contribution in [-0.2, 0) is 0 Å². The quantitative estimate of drug-likeness (QED) is 0.704. The summed E-state index contributed by atoms with van der Waals surface area (Å²) in [7, 11) is 0. The van der Waals surface area contributed by atoms with Crippen molar-refractivity contribution in [1.82, 2.24) is 10.2 Å². The molecular formula is C14H7ClF2N2O. The largest absolute Gasteiger partial charge is 0.434 e. The third-order valence-electron chi connectivity index (χ3n) is 2.71. The first-order valence-corrected chi connectivity index (χ1v) is 6.07. The van der Waals surface area contributed by atoms with E-state index in [1.54, 1.807) is 24.3 Å². The summed E-state index contributed by atoms with van der Waals surface area (Å²) in [6.45, 7) is 0. The molecule has 0 unspecified atom stereocenters. The van der Waals surface area contributed by atoms with Crippen LogP contribution in [-0.4, -0.2) is 10.2 Å². The number of nitrogens with zero attached hydrogens (tertiary/aromatic N) is 2. The minimum atomic E-state index is -0.688. The van der Waals surface area contributed by atoms with Crippen LogP contribution in [0.2, 0.25) is 5.15 Å². The van der Waals surface area contributed by atoms with Crippen molar-refractivity contribution in [3.63, 3.8) is 0 Å². The maximum absolute atomic E-state index is 13.6. The fraction of sp³-hybridized carbons (Fsp3) is 0.